The molecule has 1 aromatic heterocycles. The number of para-hydroxylation sites is 1. The number of nitrogens with zero attached hydrogens (tertiary/aromatic N) is 2. The van der Waals surface area contributed by atoms with Gasteiger partial charge in [-0.1, -0.05) is 18.2 Å². The molecule has 0 amide bonds. The molecule has 100 valence electrons. The van der Waals surface area contributed by atoms with Crippen molar-refractivity contribution in [1.29, 1.82) is 0 Å². The maximum Gasteiger partial charge on any atom is 0.207 e. The lowest BCUT2D eigenvalue weighted by Gasteiger charge is -2.12. The van der Waals surface area contributed by atoms with E-state index in [1.165, 1.54) is 12.8 Å². The van der Waals surface area contributed by atoms with Crippen LogP contribution in [0.25, 0.3) is 0 Å². The van der Waals surface area contributed by atoms with Crippen LogP contribution < -0.4 is 5.32 Å². The fraction of sp³-hybridized carbons (Fsp3) is 0.400. The highest BCUT2D eigenvalue weighted by Crippen LogP contribution is 2.38. The fourth-order valence-corrected chi connectivity index (χ4v) is 2.28. The molecule has 4 nitrogen and oxygen atoms in total. The van der Waals surface area contributed by atoms with Gasteiger partial charge < -0.3 is 14.6 Å². The summed E-state index contributed by atoms with van der Waals surface area (Å²) in [4.78, 5) is 4.58. The molecule has 0 aliphatic heterocycles. The Morgan fingerprint density at radius 2 is 2.16 bits per heavy atom. The van der Waals surface area contributed by atoms with Gasteiger partial charge in [0, 0.05) is 30.6 Å². The third-order valence-corrected chi connectivity index (χ3v) is 3.36. The molecule has 19 heavy (non-hydrogen) atoms. The number of methoxy groups -OCH3 is 1. The zero-order valence-corrected chi connectivity index (χ0v) is 11.4. The molecule has 1 aromatic carbocycles. The summed E-state index contributed by atoms with van der Waals surface area (Å²) < 4.78 is 7.48. The molecule has 0 atom stereocenters. The van der Waals surface area contributed by atoms with Crippen molar-refractivity contribution in [1.82, 2.24) is 9.55 Å². The van der Waals surface area contributed by atoms with E-state index in [2.05, 4.69) is 33.2 Å². The van der Waals surface area contributed by atoms with Crippen molar-refractivity contribution < 1.29 is 4.74 Å². The largest absolute Gasteiger partial charge is 0.380 e. The zero-order chi connectivity index (χ0) is 13.2. The third kappa shape index (κ3) is 2.63. The molecule has 0 unspecified atom stereocenters. The average Bonchev–Trinajstić information content (AvgIpc) is 3.17. The Morgan fingerprint density at radius 3 is 2.89 bits per heavy atom. The highest BCUT2D eigenvalue weighted by atomic mass is 16.5. The van der Waals surface area contributed by atoms with Gasteiger partial charge in [0.15, 0.2) is 0 Å². The van der Waals surface area contributed by atoms with Crippen LogP contribution >= 0.6 is 0 Å². The number of rotatable bonds is 5. The number of aromatic nitrogens is 2. The summed E-state index contributed by atoms with van der Waals surface area (Å²) in [6, 6.07) is 8.81. The predicted molar refractivity (Wildman–Crippen MR) is 75.7 cm³/mol. The second kappa shape index (κ2) is 5.05. The van der Waals surface area contributed by atoms with Gasteiger partial charge in [0.05, 0.1) is 12.3 Å². The summed E-state index contributed by atoms with van der Waals surface area (Å²) in [6.45, 7) is 2.64. The molecule has 1 saturated carbocycles. The minimum atomic E-state index is 0.603. The monoisotopic (exact) mass is 257 g/mol. The number of hydrogen-bond acceptors (Lipinski definition) is 3. The van der Waals surface area contributed by atoms with E-state index in [1.807, 2.05) is 19.1 Å². The first-order chi connectivity index (χ1) is 9.28. The molecule has 1 N–H and O–H groups in total. The molecule has 1 aliphatic carbocycles. The first kappa shape index (κ1) is 12.2. The Labute approximate surface area is 113 Å². The van der Waals surface area contributed by atoms with Gasteiger partial charge in [0.2, 0.25) is 5.95 Å². The smallest absolute Gasteiger partial charge is 0.207 e. The second-order valence-electron chi connectivity index (χ2n) is 5.06. The summed E-state index contributed by atoms with van der Waals surface area (Å²) in [5.41, 5.74) is 3.27. The minimum Gasteiger partial charge on any atom is -0.380 e. The lowest BCUT2D eigenvalue weighted by Crippen LogP contribution is -2.03. The standard InChI is InChI=1S/C15H19N3O/c1-11-9-18(13-7-8-13)15(16-11)17-14-6-4-3-5-12(14)10-19-2/h3-6,9,13H,7-8,10H2,1-2H3,(H,16,17). The van der Waals surface area contributed by atoms with Crippen LogP contribution in [0.2, 0.25) is 0 Å². The fourth-order valence-electron chi connectivity index (χ4n) is 2.28. The van der Waals surface area contributed by atoms with E-state index in [-0.39, 0.29) is 0 Å². The number of benzene rings is 1. The summed E-state index contributed by atoms with van der Waals surface area (Å²) in [6.07, 6.45) is 4.63. The van der Waals surface area contributed by atoms with Gasteiger partial charge in [-0.2, -0.15) is 0 Å². The molecule has 1 fully saturated rings. The Hall–Kier alpha value is -1.81. The number of nitrogens with one attached hydrogen (secondary N) is 1. The van der Waals surface area contributed by atoms with Gasteiger partial charge in [0.25, 0.3) is 0 Å². The van der Waals surface area contributed by atoms with Crippen LogP contribution in [0, 0.1) is 6.92 Å². The maximum absolute atomic E-state index is 5.23. The molecule has 4 heteroatoms. The third-order valence-electron chi connectivity index (χ3n) is 3.36. The van der Waals surface area contributed by atoms with E-state index in [4.69, 9.17) is 4.74 Å². The first-order valence-electron chi connectivity index (χ1n) is 6.67. The van der Waals surface area contributed by atoms with Crippen molar-refractivity contribution in [2.24, 2.45) is 0 Å². The van der Waals surface area contributed by atoms with E-state index < -0.39 is 0 Å². The Balaban J connectivity index is 1.88. The molecule has 1 aliphatic rings. The maximum atomic E-state index is 5.23. The van der Waals surface area contributed by atoms with Crippen molar-refractivity contribution in [3.8, 4) is 0 Å². The molecule has 1 heterocycles. The van der Waals surface area contributed by atoms with Gasteiger partial charge in [-0.15, -0.1) is 0 Å². The molecule has 2 aromatic rings. The van der Waals surface area contributed by atoms with Crippen molar-refractivity contribution >= 4 is 11.6 Å². The number of aryl methyl sites for hydroxylation is 1. The second-order valence-corrected chi connectivity index (χ2v) is 5.06. The van der Waals surface area contributed by atoms with E-state index in [1.54, 1.807) is 7.11 Å². The van der Waals surface area contributed by atoms with E-state index >= 15 is 0 Å². The molecule has 3 rings (SSSR count). The van der Waals surface area contributed by atoms with Crippen molar-refractivity contribution in [2.45, 2.75) is 32.4 Å². The van der Waals surface area contributed by atoms with Crippen molar-refractivity contribution in [2.75, 3.05) is 12.4 Å². The average molecular weight is 257 g/mol. The number of hydrogen-bond donors (Lipinski definition) is 1. The van der Waals surface area contributed by atoms with Crippen LogP contribution in [-0.2, 0) is 11.3 Å². The van der Waals surface area contributed by atoms with Crippen LogP contribution in [0.1, 0.15) is 30.1 Å². The summed E-state index contributed by atoms with van der Waals surface area (Å²) in [5.74, 6) is 0.934. The van der Waals surface area contributed by atoms with Crippen LogP contribution in [0.5, 0.6) is 0 Å². The van der Waals surface area contributed by atoms with E-state index in [9.17, 15) is 0 Å². The topological polar surface area (TPSA) is 39.1 Å². The Bertz CT molecular complexity index is 573. The molecule has 0 spiro atoms. The van der Waals surface area contributed by atoms with Gasteiger partial charge in [-0.05, 0) is 25.8 Å². The highest BCUT2D eigenvalue weighted by molar-refractivity contribution is 5.59. The number of anilines is 2. The molecule has 0 radical (unpaired) electrons. The van der Waals surface area contributed by atoms with Gasteiger partial charge in [0.1, 0.15) is 0 Å². The normalized spacial score (nSPS) is 14.6. The van der Waals surface area contributed by atoms with E-state index in [0.29, 0.717) is 12.6 Å². The van der Waals surface area contributed by atoms with Crippen molar-refractivity contribution in [3.05, 3.63) is 41.7 Å². The predicted octanol–water partition coefficient (Wildman–Crippen LogP) is 3.42. The minimum absolute atomic E-state index is 0.603. The van der Waals surface area contributed by atoms with Crippen molar-refractivity contribution in [3.63, 3.8) is 0 Å². The first-order valence-corrected chi connectivity index (χ1v) is 6.67. The lowest BCUT2D eigenvalue weighted by molar-refractivity contribution is 0.185. The molecule has 0 saturated heterocycles. The van der Waals surface area contributed by atoms with E-state index in [0.717, 1.165) is 22.9 Å². The van der Waals surface area contributed by atoms with Crippen LogP contribution in [0.4, 0.5) is 11.6 Å². The zero-order valence-electron chi connectivity index (χ0n) is 11.4. The summed E-state index contributed by atoms with van der Waals surface area (Å²) in [5, 5.41) is 3.44. The van der Waals surface area contributed by atoms with Crippen LogP contribution in [0.3, 0.4) is 0 Å². The number of ether oxygens (including phenoxy) is 1. The van der Waals surface area contributed by atoms with Crippen LogP contribution in [-0.4, -0.2) is 16.7 Å². The quantitative estimate of drug-likeness (QED) is 0.892. The Kier molecular flexibility index (Phi) is 3.25. The molecule has 0 bridgehead atoms. The molecular formula is C15H19N3O. The highest BCUT2D eigenvalue weighted by Gasteiger charge is 2.26. The summed E-state index contributed by atoms with van der Waals surface area (Å²) in [7, 11) is 1.71. The SMILES string of the molecule is COCc1ccccc1Nc1nc(C)cn1C1CC1. The summed E-state index contributed by atoms with van der Waals surface area (Å²) >= 11 is 0. The van der Waals surface area contributed by atoms with Gasteiger partial charge >= 0.3 is 0 Å². The Morgan fingerprint density at radius 1 is 1.37 bits per heavy atom. The lowest BCUT2D eigenvalue weighted by atomic mass is 10.2. The van der Waals surface area contributed by atoms with Gasteiger partial charge in [-0.3, -0.25) is 0 Å². The van der Waals surface area contributed by atoms with Gasteiger partial charge in [-0.25, -0.2) is 4.98 Å². The number of imidazole rings is 1. The van der Waals surface area contributed by atoms with Crippen LogP contribution in [0.15, 0.2) is 30.5 Å². The molecular weight excluding hydrogens is 238 g/mol.